The molecule has 28 heavy (non-hydrogen) atoms. The van der Waals surface area contributed by atoms with Crippen molar-refractivity contribution in [2.24, 2.45) is 5.92 Å². The third-order valence-electron chi connectivity index (χ3n) is 5.77. The summed E-state index contributed by atoms with van der Waals surface area (Å²) in [7, 11) is 0. The number of carbonyl (C=O) groups is 2. The highest BCUT2D eigenvalue weighted by Gasteiger charge is 2.48. The van der Waals surface area contributed by atoms with Gasteiger partial charge in [-0.25, -0.2) is 9.69 Å². The zero-order valence-electron chi connectivity index (χ0n) is 16.3. The first-order valence-electron chi connectivity index (χ1n) is 9.78. The highest BCUT2D eigenvalue weighted by atomic mass is 19.3. The second-order valence-corrected chi connectivity index (χ2v) is 8.11. The molecule has 1 aromatic carbocycles. The van der Waals surface area contributed by atoms with Gasteiger partial charge in [-0.1, -0.05) is 19.1 Å². The van der Waals surface area contributed by atoms with E-state index in [2.05, 4.69) is 17.0 Å². The van der Waals surface area contributed by atoms with Gasteiger partial charge in [-0.3, -0.25) is 4.79 Å². The van der Waals surface area contributed by atoms with Gasteiger partial charge >= 0.3 is 12.6 Å². The highest BCUT2D eigenvalue weighted by Crippen LogP contribution is 2.24. The lowest BCUT2D eigenvalue weighted by Gasteiger charge is -2.29. The maximum Gasteiger partial charge on any atom is 0.387 e. The Morgan fingerprint density at radius 2 is 1.89 bits per heavy atom. The van der Waals surface area contributed by atoms with Crippen molar-refractivity contribution in [3.63, 3.8) is 0 Å². The Hall–Kier alpha value is -2.22. The number of halogens is 2. The summed E-state index contributed by atoms with van der Waals surface area (Å²) >= 11 is 0. The van der Waals surface area contributed by atoms with Gasteiger partial charge in [0, 0.05) is 0 Å². The molecule has 3 amide bonds. The average molecular weight is 396 g/mol. The fourth-order valence-corrected chi connectivity index (χ4v) is 3.84. The predicted molar refractivity (Wildman–Crippen MR) is 99.1 cm³/mol. The summed E-state index contributed by atoms with van der Waals surface area (Å²) in [6.07, 6.45) is 3.21. The SMILES string of the molecule is CC1CC[NH+](CN2C(=O)N[C@@](C)(CCc3ccc(OC(F)F)cc3)C2=O)CC1. The lowest BCUT2D eigenvalue weighted by molar-refractivity contribution is -0.913. The Kier molecular flexibility index (Phi) is 6.17. The van der Waals surface area contributed by atoms with Gasteiger partial charge < -0.3 is 15.0 Å². The second-order valence-electron chi connectivity index (χ2n) is 8.11. The number of imide groups is 1. The van der Waals surface area contributed by atoms with Crippen LogP contribution >= 0.6 is 0 Å². The number of likely N-dealkylation sites (tertiary alicyclic amines) is 1. The van der Waals surface area contributed by atoms with Gasteiger partial charge in [0.05, 0.1) is 13.1 Å². The van der Waals surface area contributed by atoms with E-state index in [0.29, 0.717) is 25.4 Å². The summed E-state index contributed by atoms with van der Waals surface area (Å²) in [4.78, 5) is 27.9. The molecule has 2 N–H and O–H groups in total. The second kappa shape index (κ2) is 8.43. The lowest BCUT2D eigenvalue weighted by Crippen LogP contribution is -3.14. The number of piperidine rings is 1. The van der Waals surface area contributed by atoms with Crippen molar-refractivity contribution < 1.29 is 28.0 Å². The van der Waals surface area contributed by atoms with Crippen LogP contribution in [0.25, 0.3) is 0 Å². The maximum atomic E-state index is 12.9. The van der Waals surface area contributed by atoms with Crippen LogP contribution in [0.5, 0.6) is 5.75 Å². The molecule has 8 heteroatoms. The Bertz CT molecular complexity index is 705. The van der Waals surface area contributed by atoms with E-state index in [0.717, 1.165) is 31.5 Å². The molecule has 0 spiro atoms. The van der Waals surface area contributed by atoms with Gasteiger partial charge in [-0.15, -0.1) is 0 Å². The van der Waals surface area contributed by atoms with Crippen LogP contribution in [0.4, 0.5) is 13.6 Å². The number of amides is 3. The van der Waals surface area contributed by atoms with E-state index in [9.17, 15) is 18.4 Å². The fourth-order valence-electron chi connectivity index (χ4n) is 3.84. The van der Waals surface area contributed by atoms with Crippen LogP contribution in [0.3, 0.4) is 0 Å². The smallest absolute Gasteiger partial charge is 0.387 e. The third-order valence-corrected chi connectivity index (χ3v) is 5.77. The number of hydrogen-bond donors (Lipinski definition) is 2. The number of nitrogens with zero attached hydrogens (tertiary/aromatic N) is 1. The van der Waals surface area contributed by atoms with Gasteiger partial charge in [0.2, 0.25) is 0 Å². The third kappa shape index (κ3) is 4.79. The van der Waals surface area contributed by atoms with E-state index in [4.69, 9.17) is 0 Å². The number of benzene rings is 1. The van der Waals surface area contributed by atoms with Crippen molar-refractivity contribution in [2.75, 3.05) is 19.8 Å². The number of quaternary nitrogens is 1. The molecular formula is C20H28F2N3O3+. The quantitative estimate of drug-likeness (QED) is 0.691. The van der Waals surface area contributed by atoms with E-state index in [1.54, 1.807) is 19.1 Å². The summed E-state index contributed by atoms with van der Waals surface area (Å²) in [5.41, 5.74) is -0.0587. The fraction of sp³-hybridized carbons (Fsp3) is 0.600. The van der Waals surface area contributed by atoms with Crippen LogP contribution < -0.4 is 15.0 Å². The van der Waals surface area contributed by atoms with Crippen molar-refractivity contribution >= 4 is 11.9 Å². The standard InChI is InChI=1S/C20H27F2N3O3/c1-14-8-11-24(12-9-14)13-25-17(26)20(2,23-19(25)27)10-7-15-3-5-16(6-4-15)28-18(21)22/h3-6,14,18H,7-13H2,1-2H3,(H,23,27)/p+1/t20-/m0/s1. The van der Waals surface area contributed by atoms with Crippen LogP contribution in [-0.4, -0.2) is 48.7 Å². The number of hydrogen-bond acceptors (Lipinski definition) is 3. The van der Waals surface area contributed by atoms with E-state index in [1.165, 1.54) is 21.9 Å². The molecule has 0 aromatic heterocycles. The summed E-state index contributed by atoms with van der Waals surface area (Å²) in [5, 5.41) is 2.84. The highest BCUT2D eigenvalue weighted by molar-refractivity contribution is 6.06. The Balaban J connectivity index is 1.56. The van der Waals surface area contributed by atoms with Gasteiger partial charge in [0.25, 0.3) is 5.91 Å². The van der Waals surface area contributed by atoms with Crippen LogP contribution in [0.1, 0.15) is 38.7 Å². The number of carbonyl (C=O) groups excluding carboxylic acids is 2. The molecule has 2 aliphatic rings. The minimum atomic E-state index is -2.85. The number of ether oxygens (including phenoxy) is 1. The monoisotopic (exact) mass is 396 g/mol. The van der Waals surface area contributed by atoms with Crippen molar-refractivity contribution in [1.82, 2.24) is 10.2 Å². The van der Waals surface area contributed by atoms with Gasteiger partial charge in [0.15, 0.2) is 6.67 Å². The average Bonchev–Trinajstić information content (AvgIpc) is 2.86. The minimum absolute atomic E-state index is 0.0974. The number of urea groups is 1. The van der Waals surface area contributed by atoms with Gasteiger partial charge in [-0.2, -0.15) is 8.78 Å². The Morgan fingerprint density at radius 3 is 2.50 bits per heavy atom. The summed E-state index contributed by atoms with van der Waals surface area (Å²) in [6, 6.07) is 6.01. The molecule has 2 heterocycles. The molecule has 1 atom stereocenters. The van der Waals surface area contributed by atoms with E-state index < -0.39 is 12.2 Å². The molecule has 2 aliphatic heterocycles. The summed E-state index contributed by atoms with van der Waals surface area (Å²) in [6.45, 7) is 3.48. The maximum absolute atomic E-state index is 12.9. The molecule has 0 bridgehead atoms. The normalized spacial score (nSPS) is 28.0. The molecule has 0 unspecified atom stereocenters. The minimum Gasteiger partial charge on any atom is -0.435 e. The van der Waals surface area contributed by atoms with Crippen LogP contribution in [0, 0.1) is 5.92 Å². The number of aryl methyl sites for hydroxylation is 1. The van der Waals surface area contributed by atoms with Crippen molar-refractivity contribution in [3.8, 4) is 5.75 Å². The van der Waals surface area contributed by atoms with Gasteiger partial charge in [-0.05, 0) is 56.2 Å². The topological polar surface area (TPSA) is 63.1 Å². The number of alkyl halides is 2. The molecule has 6 nitrogen and oxygen atoms in total. The van der Waals surface area contributed by atoms with Crippen molar-refractivity contribution in [2.45, 2.75) is 51.7 Å². The van der Waals surface area contributed by atoms with Crippen LogP contribution in [-0.2, 0) is 11.2 Å². The molecule has 2 fully saturated rings. The van der Waals surface area contributed by atoms with Crippen LogP contribution in [0.15, 0.2) is 24.3 Å². The molecule has 0 aliphatic carbocycles. The first-order valence-corrected chi connectivity index (χ1v) is 9.78. The van der Waals surface area contributed by atoms with Gasteiger partial charge in [0.1, 0.15) is 11.3 Å². The molecular weight excluding hydrogens is 368 g/mol. The Morgan fingerprint density at radius 1 is 1.25 bits per heavy atom. The largest absolute Gasteiger partial charge is 0.435 e. The lowest BCUT2D eigenvalue weighted by atomic mass is 9.93. The molecule has 3 rings (SSSR count). The molecule has 0 radical (unpaired) electrons. The first kappa shape index (κ1) is 20.5. The molecule has 2 saturated heterocycles. The zero-order chi connectivity index (χ0) is 20.3. The molecule has 0 saturated carbocycles. The summed E-state index contributed by atoms with van der Waals surface area (Å²) in [5.74, 6) is 0.607. The van der Waals surface area contributed by atoms with Crippen molar-refractivity contribution in [1.29, 1.82) is 0 Å². The van der Waals surface area contributed by atoms with E-state index >= 15 is 0 Å². The van der Waals surface area contributed by atoms with E-state index in [-0.39, 0.29) is 17.7 Å². The summed E-state index contributed by atoms with van der Waals surface area (Å²) < 4.78 is 28.8. The zero-order valence-corrected chi connectivity index (χ0v) is 16.3. The first-order chi connectivity index (χ1) is 13.3. The van der Waals surface area contributed by atoms with Crippen LogP contribution in [0.2, 0.25) is 0 Å². The van der Waals surface area contributed by atoms with E-state index in [1.807, 2.05) is 0 Å². The molecule has 154 valence electrons. The Labute approximate surface area is 163 Å². The van der Waals surface area contributed by atoms with Crippen molar-refractivity contribution in [3.05, 3.63) is 29.8 Å². The molecule has 1 aromatic rings. The number of rotatable bonds is 7. The number of nitrogens with one attached hydrogen (secondary N) is 2. The predicted octanol–water partition coefficient (Wildman–Crippen LogP) is 1.80.